The van der Waals surface area contributed by atoms with Gasteiger partial charge in [0.25, 0.3) is 0 Å². The lowest BCUT2D eigenvalue weighted by Gasteiger charge is -2.24. The van der Waals surface area contributed by atoms with Gasteiger partial charge in [0.05, 0.1) is 10.9 Å². The molecule has 1 aromatic carbocycles. The number of nitrogens with zero attached hydrogens (tertiary/aromatic N) is 3. The molecular weight excluding hydrogens is 322 g/mol. The Labute approximate surface area is 143 Å². The SMILES string of the molecule is Cc1ccc(-c2cccc3ncnc(N4CCCC4C(=O)O)c23)s1. The summed E-state index contributed by atoms with van der Waals surface area (Å²) in [5, 5.41) is 10.5. The second-order valence-corrected chi connectivity index (χ2v) is 7.28. The summed E-state index contributed by atoms with van der Waals surface area (Å²) in [4.78, 5) is 24.8. The molecule has 0 radical (unpaired) electrons. The highest BCUT2D eigenvalue weighted by Crippen LogP contribution is 2.38. The molecule has 24 heavy (non-hydrogen) atoms. The summed E-state index contributed by atoms with van der Waals surface area (Å²) in [7, 11) is 0. The summed E-state index contributed by atoms with van der Waals surface area (Å²) in [6.07, 6.45) is 3.04. The smallest absolute Gasteiger partial charge is 0.326 e. The van der Waals surface area contributed by atoms with Crippen LogP contribution in [-0.2, 0) is 4.79 Å². The zero-order chi connectivity index (χ0) is 16.7. The summed E-state index contributed by atoms with van der Waals surface area (Å²) in [5.41, 5.74) is 1.91. The van der Waals surface area contributed by atoms with Crippen molar-refractivity contribution in [2.45, 2.75) is 25.8 Å². The Morgan fingerprint density at radius 3 is 2.92 bits per heavy atom. The Balaban J connectivity index is 1.95. The van der Waals surface area contributed by atoms with Crippen LogP contribution in [0.4, 0.5) is 5.82 Å². The van der Waals surface area contributed by atoms with Gasteiger partial charge in [0.2, 0.25) is 0 Å². The van der Waals surface area contributed by atoms with Gasteiger partial charge in [-0.1, -0.05) is 12.1 Å². The van der Waals surface area contributed by atoms with Crippen molar-refractivity contribution >= 4 is 34.0 Å². The number of aliphatic carboxylic acids is 1. The van der Waals surface area contributed by atoms with Crippen molar-refractivity contribution in [1.82, 2.24) is 9.97 Å². The van der Waals surface area contributed by atoms with Crippen LogP contribution in [0.3, 0.4) is 0 Å². The number of rotatable bonds is 3. The van der Waals surface area contributed by atoms with E-state index in [0.29, 0.717) is 13.0 Å². The van der Waals surface area contributed by atoms with Gasteiger partial charge < -0.3 is 10.0 Å². The number of hydrogen-bond acceptors (Lipinski definition) is 5. The normalized spacial score (nSPS) is 17.5. The van der Waals surface area contributed by atoms with E-state index in [1.165, 1.54) is 11.2 Å². The lowest BCUT2D eigenvalue weighted by atomic mass is 10.1. The molecule has 2 aromatic heterocycles. The van der Waals surface area contributed by atoms with Crippen LogP contribution < -0.4 is 4.90 Å². The number of carbonyl (C=O) groups is 1. The molecule has 1 N–H and O–H groups in total. The number of anilines is 1. The average Bonchev–Trinajstić information content (AvgIpc) is 3.22. The third-order valence-electron chi connectivity index (χ3n) is 4.46. The van der Waals surface area contributed by atoms with Crippen molar-refractivity contribution in [2.24, 2.45) is 0 Å². The highest BCUT2D eigenvalue weighted by atomic mass is 32.1. The first kappa shape index (κ1) is 15.1. The fraction of sp³-hybridized carbons (Fsp3) is 0.278. The predicted molar refractivity (Wildman–Crippen MR) is 95.6 cm³/mol. The highest BCUT2D eigenvalue weighted by molar-refractivity contribution is 7.15. The second kappa shape index (κ2) is 5.87. The molecule has 3 heterocycles. The lowest BCUT2D eigenvalue weighted by Crippen LogP contribution is -2.36. The molecule has 1 atom stereocenters. The number of hydrogen-bond donors (Lipinski definition) is 1. The van der Waals surface area contributed by atoms with Gasteiger partial charge in [0, 0.05) is 21.9 Å². The molecule has 0 bridgehead atoms. The number of fused-ring (bicyclic) bond motifs is 1. The number of aryl methyl sites for hydroxylation is 1. The Morgan fingerprint density at radius 1 is 1.29 bits per heavy atom. The topological polar surface area (TPSA) is 66.3 Å². The summed E-state index contributed by atoms with van der Waals surface area (Å²) in [6, 6.07) is 9.69. The molecule has 1 saturated heterocycles. The first-order chi connectivity index (χ1) is 11.6. The first-order valence-corrected chi connectivity index (χ1v) is 8.77. The van der Waals surface area contributed by atoms with E-state index in [1.807, 2.05) is 17.0 Å². The molecule has 1 unspecified atom stereocenters. The molecule has 1 aliphatic rings. The number of carboxylic acids is 1. The van der Waals surface area contributed by atoms with E-state index < -0.39 is 12.0 Å². The minimum Gasteiger partial charge on any atom is -0.480 e. The third-order valence-corrected chi connectivity index (χ3v) is 5.49. The number of aromatic nitrogens is 2. The molecule has 0 saturated carbocycles. The summed E-state index contributed by atoms with van der Waals surface area (Å²) in [5.74, 6) is -0.0599. The summed E-state index contributed by atoms with van der Waals surface area (Å²) < 4.78 is 0. The van der Waals surface area contributed by atoms with Gasteiger partial charge in [-0.25, -0.2) is 14.8 Å². The second-order valence-electron chi connectivity index (χ2n) is 6.00. The van der Waals surface area contributed by atoms with Crippen molar-refractivity contribution in [3.63, 3.8) is 0 Å². The molecule has 0 aliphatic carbocycles. The molecule has 1 fully saturated rings. The zero-order valence-corrected chi connectivity index (χ0v) is 14.1. The molecule has 0 spiro atoms. The van der Waals surface area contributed by atoms with Crippen LogP contribution in [0.5, 0.6) is 0 Å². The Morgan fingerprint density at radius 2 is 2.17 bits per heavy atom. The fourth-order valence-corrected chi connectivity index (χ4v) is 4.27. The monoisotopic (exact) mass is 339 g/mol. The van der Waals surface area contributed by atoms with Gasteiger partial charge in [0.15, 0.2) is 0 Å². The van der Waals surface area contributed by atoms with Crippen molar-refractivity contribution in [3.8, 4) is 10.4 Å². The van der Waals surface area contributed by atoms with Crippen LogP contribution in [0.1, 0.15) is 17.7 Å². The fourth-order valence-electron chi connectivity index (χ4n) is 3.37. The van der Waals surface area contributed by atoms with Crippen LogP contribution >= 0.6 is 11.3 Å². The molecule has 0 amide bonds. The molecule has 4 rings (SSSR count). The summed E-state index contributed by atoms with van der Waals surface area (Å²) >= 11 is 1.72. The van der Waals surface area contributed by atoms with Gasteiger partial charge in [-0.3, -0.25) is 0 Å². The highest BCUT2D eigenvalue weighted by Gasteiger charge is 2.33. The van der Waals surface area contributed by atoms with Gasteiger partial charge >= 0.3 is 5.97 Å². The van der Waals surface area contributed by atoms with Crippen molar-refractivity contribution < 1.29 is 9.90 Å². The molecular formula is C18H17N3O2S. The summed E-state index contributed by atoms with van der Waals surface area (Å²) in [6.45, 7) is 2.79. The van der Waals surface area contributed by atoms with Gasteiger partial charge in [0.1, 0.15) is 18.2 Å². The van der Waals surface area contributed by atoms with E-state index >= 15 is 0 Å². The quantitative estimate of drug-likeness (QED) is 0.788. The predicted octanol–water partition coefficient (Wildman–Crippen LogP) is 3.72. The molecule has 1 aliphatic heterocycles. The molecule has 122 valence electrons. The van der Waals surface area contributed by atoms with Gasteiger partial charge in [-0.2, -0.15) is 0 Å². The van der Waals surface area contributed by atoms with Crippen LogP contribution in [-0.4, -0.2) is 33.6 Å². The number of thiophene rings is 1. The van der Waals surface area contributed by atoms with Crippen LogP contribution in [0.2, 0.25) is 0 Å². The first-order valence-electron chi connectivity index (χ1n) is 7.95. The lowest BCUT2D eigenvalue weighted by molar-refractivity contribution is -0.138. The van der Waals surface area contributed by atoms with Crippen LogP contribution in [0.25, 0.3) is 21.3 Å². The Kier molecular flexibility index (Phi) is 3.69. The third kappa shape index (κ3) is 2.43. The molecule has 5 nitrogen and oxygen atoms in total. The average molecular weight is 339 g/mol. The van der Waals surface area contributed by atoms with Crippen molar-refractivity contribution in [1.29, 1.82) is 0 Å². The molecule has 3 aromatic rings. The Hall–Kier alpha value is -2.47. The minimum atomic E-state index is -0.788. The maximum Gasteiger partial charge on any atom is 0.326 e. The number of carboxylic acid groups (broad SMARTS) is 1. The van der Waals surface area contributed by atoms with Crippen molar-refractivity contribution in [2.75, 3.05) is 11.4 Å². The van der Waals surface area contributed by atoms with E-state index in [9.17, 15) is 9.90 Å². The van der Waals surface area contributed by atoms with Gasteiger partial charge in [-0.05, 0) is 38.0 Å². The number of benzene rings is 1. The van der Waals surface area contributed by atoms with E-state index in [2.05, 4.69) is 35.1 Å². The molecule has 6 heteroatoms. The van der Waals surface area contributed by atoms with Crippen LogP contribution in [0, 0.1) is 6.92 Å². The van der Waals surface area contributed by atoms with Crippen LogP contribution in [0.15, 0.2) is 36.7 Å². The van der Waals surface area contributed by atoms with E-state index in [1.54, 1.807) is 11.3 Å². The standard InChI is InChI=1S/C18H17N3O2S/c1-11-7-8-15(24-11)12-4-2-5-13-16(12)17(20-10-19-13)21-9-3-6-14(21)18(22)23/h2,4-5,7-8,10,14H,3,6,9H2,1H3,(H,22,23). The van der Waals surface area contributed by atoms with Gasteiger partial charge in [-0.15, -0.1) is 11.3 Å². The maximum absolute atomic E-state index is 11.6. The van der Waals surface area contributed by atoms with Crippen molar-refractivity contribution in [3.05, 3.63) is 41.5 Å². The maximum atomic E-state index is 11.6. The Bertz CT molecular complexity index is 916. The van der Waals surface area contributed by atoms with E-state index in [0.717, 1.165) is 33.6 Å². The van der Waals surface area contributed by atoms with E-state index in [-0.39, 0.29) is 0 Å². The van der Waals surface area contributed by atoms with E-state index in [4.69, 9.17) is 0 Å². The zero-order valence-electron chi connectivity index (χ0n) is 13.3. The minimum absolute atomic E-state index is 0.513. The largest absolute Gasteiger partial charge is 0.480 e.